The minimum atomic E-state index is 0.0565. The van der Waals surface area contributed by atoms with Crippen molar-refractivity contribution in [3.63, 3.8) is 0 Å². The Bertz CT molecular complexity index is 578. The third kappa shape index (κ3) is 5.16. The molecule has 2 atom stereocenters. The molecule has 2 heteroatoms. The Hall–Kier alpha value is -1.70. The summed E-state index contributed by atoms with van der Waals surface area (Å²) < 4.78 is 0. The molecule has 0 radical (unpaired) electrons. The zero-order valence-electron chi connectivity index (χ0n) is 14.6. The fourth-order valence-electron chi connectivity index (χ4n) is 3.72. The highest BCUT2D eigenvalue weighted by Gasteiger charge is 2.34. The van der Waals surface area contributed by atoms with E-state index in [9.17, 15) is 9.59 Å². The van der Waals surface area contributed by atoms with Crippen LogP contribution < -0.4 is 0 Å². The third-order valence-electron chi connectivity index (χ3n) is 4.71. The van der Waals surface area contributed by atoms with Gasteiger partial charge in [-0.05, 0) is 44.6 Å². The summed E-state index contributed by atoms with van der Waals surface area (Å²) in [6.07, 6.45) is 8.57. The van der Waals surface area contributed by atoms with Gasteiger partial charge in [-0.25, -0.2) is 0 Å². The van der Waals surface area contributed by atoms with E-state index in [1.54, 1.807) is 0 Å². The van der Waals surface area contributed by atoms with Gasteiger partial charge in [-0.2, -0.15) is 0 Å². The Morgan fingerprint density at radius 2 is 1.87 bits per heavy atom. The van der Waals surface area contributed by atoms with Crippen LogP contribution in [0.2, 0.25) is 0 Å². The summed E-state index contributed by atoms with van der Waals surface area (Å²) >= 11 is 0. The van der Waals surface area contributed by atoms with Crippen molar-refractivity contribution in [1.82, 2.24) is 0 Å². The van der Waals surface area contributed by atoms with Crippen LogP contribution >= 0.6 is 0 Å². The molecule has 0 spiro atoms. The van der Waals surface area contributed by atoms with Crippen LogP contribution in [0, 0.1) is 25.7 Å². The highest BCUT2D eigenvalue weighted by atomic mass is 16.1. The standard InChI is InChI=1S/C21H28O2/c1-4-5-6-7-20-18(8-9-21(20)23)14-19(22)13-17-11-15(2)10-16(3)12-17/h5-6,10-12,18,20H,4,7-9,13-14H2,1-3H3/b6-5-/t18-,20-/m1/s1. The number of hydrogen-bond acceptors (Lipinski definition) is 2. The average molecular weight is 312 g/mol. The van der Waals surface area contributed by atoms with Crippen LogP contribution in [0.1, 0.15) is 55.7 Å². The molecule has 124 valence electrons. The molecule has 1 aliphatic rings. The summed E-state index contributed by atoms with van der Waals surface area (Å²) in [5.74, 6) is 0.900. The molecule has 0 N–H and O–H groups in total. The van der Waals surface area contributed by atoms with Crippen molar-refractivity contribution < 1.29 is 9.59 Å². The lowest BCUT2D eigenvalue weighted by molar-refractivity contribution is -0.122. The van der Waals surface area contributed by atoms with Crippen molar-refractivity contribution >= 4 is 11.6 Å². The van der Waals surface area contributed by atoms with Gasteiger partial charge in [0.1, 0.15) is 11.6 Å². The molecule has 0 aliphatic heterocycles. The van der Waals surface area contributed by atoms with Crippen molar-refractivity contribution in [3.05, 3.63) is 47.0 Å². The lowest BCUT2D eigenvalue weighted by atomic mass is 9.87. The minimum Gasteiger partial charge on any atom is -0.299 e. The van der Waals surface area contributed by atoms with Crippen LogP contribution in [0.15, 0.2) is 30.4 Å². The van der Waals surface area contributed by atoms with E-state index in [0.29, 0.717) is 25.0 Å². The van der Waals surface area contributed by atoms with Gasteiger partial charge < -0.3 is 0 Å². The first-order chi connectivity index (χ1) is 11.0. The summed E-state index contributed by atoms with van der Waals surface area (Å²) in [6.45, 7) is 6.22. The SMILES string of the molecule is CC/C=C\C[C@H]1C(=O)CC[C@@H]1CC(=O)Cc1cc(C)cc(C)c1. The smallest absolute Gasteiger partial charge is 0.137 e. The van der Waals surface area contributed by atoms with Gasteiger partial charge in [-0.3, -0.25) is 9.59 Å². The van der Waals surface area contributed by atoms with Gasteiger partial charge in [0, 0.05) is 25.2 Å². The van der Waals surface area contributed by atoms with Crippen molar-refractivity contribution in [2.24, 2.45) is 11.8 Å². The first kappa shape index (κ1) is 17.7. The van der Waals surface area contributed by atoms with Gasteiger partial charge >= 0.3 is 0 Å². The molecule has 0 bridgehead atoms. The molecule has 0 amide bonds. The number of allylic oxidation sites excluding steroid dienone is 2. The topological polar surface area (TPSA) is 34.1 Å². The van der Waals surface area contributed by atoms with Gasteiger partial charge in [-0.15, -0.1) is 0 Å². The van der Waals surface area contributed by atoms with Crippen LogP contribution in [-0.2, 0) is 16.0 Å². The molecule has 0 saturated heterocycles. The Morgan fingerprint density at radius 3 is 2.52 bits per heavy atom. The zero-order chi connectivity index (χ0) is 16.8. The second-order valence-corrected chi connectivity index (χ2v) is 6.90. The number of Topliss-reactive ketones (excluding diaryl/α,β-unsaturated/α-hetero) is 2. The Morgan fingerprint density at radius 1 is 1.17 bits per heavy atom. The van der Waals surface area contributed by atoms with Gasteiger partial charge in [-0.1, -0.05) is 48.4 Å². The molecule has 23 heavy (non-hydrogen) atoms. The van der Waals surface area contributed by atoms with Gasteiger partial charge in [0.2, 0.25) is 0 Å². The number of hydrogen-bond donors (Lipinski definition) is 0. The fourth-order valence-corrected chi connectivity index (χ4v) is 3.72. The number of carbonyl (C=O) groups is 2. The lowest BCUT2D eigenvalue weighted by Crippen LogP contribution is -2.18. The molecular formula is C21H28O2. The van der Waals surface area contributed by atoms with Gasteiger partial charge in [0.05, 0.1) is 0 Å². The predicted molar refractivity (Wildman–Crippen MR) is 94.5 cm³/mol. The quantitative estimate of drug-likeness (QED) is 0.680. The number of ketones is 2. The van der Waals surface area contributed by atoms with Crippen LogP contribution in [0.5, 0.6) is 0 Å². The zero-order valence-corrected chi connectivity index (χ0v) is 14.6. The lowest BCUT2D eigenvalue weighted by Gasteiger charge is -2.16. The summed E-state index contributed by atoms with van der Waals surface area (Å²) in [4.78, 5) is 24.5. The maximum Gasteiger partial charge on any atom is 0.137 e. The normalized spacial score (nSPS) is 21.3. The first-order valence-electron chi connectivity index (χ1n) is 8.76. The molecule has 1 aromatic carbocycles. The van der Waals surface area contributed by atoms with E-state index in [1.165, 1.54) is 11.1 Å². The summed E-state index contributed by atoms with van der Waals surface area (Å²) in [5.41, 5.74) is 3.50. The maximum absolute atomic E-state index is 12.4. The van der Waals surface area contributed by atoms with E-state index in [4.69, 9.17) is 0 Å². The molecular weight excluding hydrogens is 284 g/mol. The maximum atomic E-state index is 12.4. The Kier molecular flexibility index (Phi) is 6.32. The fraction of sp³-hybridized carbons (Fsp3) is 0.524. The van der Waals surface area contributed by atoms with E-state index in [-0.39, 0.29) is 17.6 Å². The highest BCUT2D eigenvalue weighted by Crippen LogP contribution is 2.34. The monoisotopic (exact) mass is 312 g/mol. The van der Waals surface area contributed by atoms with Crippen molar-refractivity contribution in [3.8, 4) is 0 Å². The highest BCUT2D eigenvalue weighted by molar-refractivity contribution is 5.86. The first-order valence-corrected chi connectivity index (χ1v) is 8.76. The largest absolute Gasteiger partial charge is 0.299 e. The number of aryl methyl sites for hydroxylation is 2. The van der Waals surface area contributed by atoms with Crippen molar-refractivity contribution in [2.75, 3.05) is 0 Å². The number of benzene rings is 1. The summed E-state index contributed by atoms with van der Waals surface area (Å²) in [6, 6.07) is 6.30. The molecule has 1 saturated carbocycles. The van der Waals surface area contributed by atoms with Crippen LogP contribution in [0.25, 0.3) is 0 Å². The molecule has 2 nitrogen and oxygen atoms in total. The molecule has 0 unspecified atom stereocenters. The molecule has 2 rings (SSSR count). The van der Waals surface area contributed by atoms with Crippen molar-refractivity contribution in [1.29, 1.82) is 0 Å². The number of rotatable bonds is 7. The van der Waals surface area contributed by atoms with Crippen LogP contribution in [0.4, 0.5) is 0 Å². The third-order valence-corrected chi connectivity index (χ3v) is 4.71. The van der Waals surface area contributed by atoms with Gasteiger partial charge in [0.25, 0.3) is 0 Å². The van der Waals surface area contributed by atoms with E-state index < -0.39 is 0 Å². The Balaban J connectivity index is 1.95. The minimum absolute atomic E-state index is 0.0565. The van der Waals surface area contributed by atoms with E-state index in [2.05, 4.69) is 51.1 Å². The second-order valence-electron chi connectivity index (χ2n) is 6.90. The molecule has 1 fully saturated rings. The van der Waals surface area contributed by atoms with Crippen LogP contribution in [0.3, 0.4) is 0 Å². The molecule has 0 heterocycles. The van der Waals surface area contributed by atoms with E-state index >= 15 is 0 Å². The Labute approximate surface area is 140 Å². The van der Waals surface area contributed by atoms with E-state index in [0.717, 1.165) is 24.8 Å². The summed E-state index contributed by atoms with van der Waals surface area (Å²) in [5, 5.41) is 0. The van der Waals surface area contributed by atoms with Crippen LogP contribution in [-0.4, -0.2) is 11.6 Å². The van der Waals surface area contributed by atoms with Crippen molar-refractivity contribution in [2.45, 2.75) is 59.3 Å². The predicted octanol–water partition coefficient (Wildman–Crippen LogP) is 4.76. The van der Waals surface area contributed by atoms with E-state index in [1.807, 2.05) is 0 Å². The molecule has 1 aromatic rings. The van der Waals surface area contributed by atoms with Gasteiger partial charge in [0.15, 0.2) is 0 Å². The molecule has 0 aromatic heterocycles. The summed E-state index contributed by atoms with van der Waals surface area (Å²) in [7, 11) is 0. The second kappa shape index (κ2) is 8.24. The molecule has 1 aliphatic carbocycles. The number of carbonyl (C=O) groups excluding carboxylic acids is 2. The average Bonchev–Trinajstić information content (AvgIpc) is 2.79.